The number of hydrogen-bond donors (Lipinski definition) is 2. The summed E-state index contributed by atoms with van der Waals surface area (Å²) in [5.74, 6) is 0. The maximum Gasteiger partial charge on any atom is 0.256 e. The molecule has 8 heavy (non-hydrogen) atoms. The van der Waals surface area contributed by atoms with Gasteiger partial charge in [0.15, 0.2) is 0 Å². The van der Waals surface area contributed by atoms with Crippen LogP contribution in [0, 0.1) is 0 Å². The van der Waals surface area contributed by atoms with Crippen molar-refractivity contribution in [1.29, 1.82) is 0 Å². The van der Waals surface area contributed by atoms with Gasteiger partial charge in [-0.2, -0.15) is 0 Å². The van der Waals surface area contributed by atoms with Gasteiger partial charge in [-0.1, -0.05) is 6.58 Å². The van der Waals surface area contributed by atoms with E-state index in [4.69, 9.17) is 10.8 Å². The van der Waals surface area contributed by atoms with E-state index in [1.807, 2.05) is 0 Å². The molecule has 1 atom stereocenters. The van der Waals surface area contributed by atoms with Crippen molar-refractivity contribution in [2.24, 2.45) is 5.73 Å². The lowest BCUT2D eigenvalue weighted by molar-refractivity contribution is 0.0162. The molecule has 0 rings (SSSR count). The molecule has 0 aliphatic rings. The summed E-state index contributed by atoms with van der Waals surface area (Å²) in [6.45, 7) is 3.22. The third kappa shape index (κ3) is 3.58. The van der Waals surface area contributed by atoms with Crippen molar-refractivity contribution in [2.75, 3.05) is 0 Å². The average Bonchev–Trinajstić information content (AvgIpc) is 1.65. The highest BCUT2D eigenvalue weighted by Crippen LogP contribution is 1.84. The normalized spacial score (nSPS) is 12.1. The molecule has 0 aliphatic carbocycles. The summed E-state index contributed by atoms with van der Waals surface area (Å²) in [5, 5.41) is 8.34. The highest BCUT2D eigenvalue weighted by Gasteiger charge is 1.95. The number of aliphatic hydroxyl groups is 1. The molecule has 0 radical (unpaired) electrons. The van der Waals surface area contributed by atoms with Crippen molar-refractivity contribution in [1.82, 2.24) is 0 Å². The Morgan fingerprint density at radius 1 is 2.00 bits per heavy atom. The van der Waals surface area contributed by atoms with E-state index in [1.54, 1.807) is 0 Å². The van der Waals surface area contributed by atoms with Gasteiger partial charge in [0.05, 0.1) is 0 Å². The molecular formula is C4H7NO2S. The van der Waals surface area contributed by atoms with E-state index in [9.17, 15) is 0 Å². The Balaban J connectivity index is 3.38. The first kappa shape index (κ1) is 7.39. The summed E-state index contributed by atoms with van der Waals surface area (Å²) in [5.41, 5.74) is 4.87. The minimum absolute atomic E-state index is 0.183. The SMILES string of the molecule is C=CC(O)OC(N)=S. The van der Waals surface area contributed by atoms with E-state index in [1.165, 1.54) is 6.08 Å². The summed E-state index contributed by atoms with van der Waals surface area (Å²) >= 11 is 4.29. The van der Waals surface area contributed by atoms with Gasteiger partial charge in [0.25, 0.3) is 5.17 Å². The van der Waals surface area contributed by atoms with Crippen LogP contribution in [0.15, 0.2) is 12.7 Å². The minimum Gasteiger partial charge on any atom is -0.438 e. The zero-order valence-electron chi connectivity index (χ0n) is 4.20. The van der Waals surface area contributed by atoms with Crippen molar-refractivity contribution < 1.29 is 9.84 Å². The molecule has 0 aromatic heterocycles. The first-order valence-electron chi connectivity index (χ1n) is 1.93. The van der Waals surface area contributed by atoms with Gasteiger partial charge in [-0.3, -0.25) is 0 Å². The molecule has 0 saturated carbocycles. The van der Waals surface area contributed by atoms with Gasteiger partial charge in [0.1, 0.15) is 0 Å². The van der Waals surface area contributed by atoms with Gasteiger partial charge in [0.2, 0.25) is 6.29 Å². The first-order valence-corrected chi connectivity index (χ1v) is 2.34. The third-order valence-corrected chi connectivity index (χ3v) is 0.535. The van der Waals surface area contributed by atoms with Gasteiger partial charge in [-0.15, -0.1) is 0 Å². The van der Waals surface area contributed by atoms with Crippen LogP contribution in [0.25, 0.3) is 0 Å². The third-order valence-electron chi connectivity index (χ3n) is 0.439. The van der Waals surface area contributed by atoms with Crippen LogP contribution in [0.1, 0.15) is 0 Å². The molecule has 0 aliphatic heterocycles. The van der Waals surface area contributed by atoms with E-state index in [-0.39, 0.29) is 5.17 Å². The minimum atomic E-state index is -1.08. The molecule has 0 saturated heterocycles. The molecule has 0 spiro atoms. The van der Waals surface area contributed by atoms with Crippen LogP contribution in [0.4, 0.5) is 0 Å². The fourth-order valence-electron chi connectivity index (χ4n) is 0.167. The molecule has 3 nitrogen and oxygen atoms in total. The molecule has 3 N–H and O–H groups in total. The lowest BCUT2D eigenvalue weighted by atomic mass is 10.6. The van der Waals surface area contributed by atoms with Crippen molar-refractivity contribution in [3.05, 3.63) is 12.7 Å². The molecular weight excluding hydrogens is 126 g/mol. The molecule has 0 heterocycles. The Hall–Kier alpha value is -0.610. The number of thiocarbonyl (C=S) groups is 1. The van der Waals surface area contributed by atoms with Crippen LogP contribution < -0.4 is 5.73 Å². The van der Waals surface area contributed by atoms with E-state index < -0.39 is 6.29 Å². The standard InChI is InChI=1S/C4H7NO2S/c1-2-3(6)7-4(5)8/h2-3,6H,1H2,(H2,5,8). The van der Waals surface area contributed by atoms with E-state index >= 15 is 0 Å². The molecule has 0 aromatic carbocycles. The van der Waals surface area contributed by atoms with Crippen molar-refractivity contribution in [2.45, 2.75) is 6.29 Å². The lowest BCUT2D eigenvalue weighted by Crippen LogP contribution is -2.19. The topological polar surface area (TPSA) is 55.5 Å². The van der Waals surface area contributed by atoms with Crippen molar-refractivity contribution >= 4 is 17.4 Å². The number of hydrogen-bond acceptors (Lipinski definition) is 3. The number of rotatable bonds is 2. The van der Waals surface area contributed by atoms with Gasteiger partial charge >= 0.3 is 0 Å². The predicted octanol–water partition coefficient (Wildman–Crippen LogP) is -0.249. The Kier molecular flexibility index (Phi) is 3.14. The summed E-state index contributed by atoms with van der Waals surface area (Å²) < 4.78 is 4.35. The zero-order chi connectivity index (χ0) is 6.57. The highest BCUT2D eigenvalue weighted by molar-refractivity contribution is 7.80. The van der Waals surface area contributed by atoms with Gasteiger partial charge in [0, 0.05) is 0 Å². The second-order valence-corrected chi connectivity index (χ2v) is 1.47. The Morgan fingerprint density at radius 2 is 2.50 bits per heavy atom. The molecule has 1 unspecified atom stereocenters. The summed E-state index contributed by atoms with van der Waals surface area (Å²) in [6, 6.07) is 0. The first-order chi connectivity index (χ1) is 3.66. The number of nitrogens with two attached hydrogens (primary N) is 1. The van der Waals surface area contributed by atoms with Crippen LogP contribution >= 0.6 is 12.2 Å². The van der Waals surface area contributed by atoms with Crippen LogP contribution in [-0.4, -0.2) is 16.6 Å². The fraction of sp³-hybridized carbons (Fsp3) is 0.250. The molecule has 0 aromatic rings. The summed E-state index contributed by atoms with van der Waals surface area (Å²) in [4.78, 5) is 0. The van der Waals surface area contributed by atoms with Gasteiger partial charge in [-0.05, 0) is 18.3 Å². The van der Waals surface area contributed by atoms with Crippen LogP contribution in [0.3, 0.4) is 0 Å². The monoisotopic (exact) mass is 133 g/mol. The average molecular weight is 133 g/mol. The highest BCUT2D eigenvalue weighted by atomic mass is 32.1. The van der Waals surface area contributed by atoms with E-state index in [0.29, 0.717) is 0 Å². The molecule has 4 heteroatoms. The summed E-state index contributed by atoms with van der Waals surface area (Å²) in [7, 11) is 0. The van der Waals surface area contributed by atoms with Crippen molar-refractivity contribution in [3.63, 3.8) is 0 Å². The van der Waals surface area contributed by atoms with E-state index in [2.05, 4.69) is 23.5 Å². The Bertz CT molecular complexity index is 104. The Morgan fingerprint density at radius 3 is 2.62 bits per heavy atom. The molecule has 0 amide bonds. The molecule has 0 bridgehead atoms. The fourth-order valence-corrected chi connectivity index (χ4v) is 0.266. The van der Waals surface area contributed by atoms with E-state index in [0.717, 1.165) is 0 Å². The van der Waals surface area contributed by atoms with Crippen LogP contribution in [0.2, 0.25) is 0 Å². The lowest BCUT2D eigenvalue weighted by Gasteiger charge is -2.04. The van der Waals surface area contributed by atoms with Gasteiger partial charge in [-0.25, -0.2) is 0 Å². The van der Waals surface area contributed by atoms with Gasteiger partial charge < -0.3 is 15.6 Å². The quantitative estimate of drug-likeness (QED) is 0.310. The maximum absolute atomic E-state index is 8.52. The maximum atomic E-state index is 8.52. The largest absolute Gasteiger partial charge is 0.438 e. The predicted molar refractivity (Wildman–Crippen MR) is 34.1 cm³/mol. The summed E-state index contributed by atoms with van der Waals surface area (Å²) in [6.07, 6.45) is 0.103. The number of ether oxygens (including phenoxy) is 1. The second-order valence-electron chi connectivity index (χ2n) is 1.06. The van der Waals surface area contributed by atoms with Crippen LogP contribution in [-0.2, 0) is 4.74 Å². The Labute approximate surface area is 52.8 Å². The van der Waals surface area contributed by atoms with Crippen LogP contribution in [0.5, 0.6) is 0 Å². The van der Waals surface area contributed by atoms with Crippen molar-refractivity contribution in [3.8, 4) is 0 Å². The zero-order valence-corrected chi connectivity index (χ0v) is 5.02. The molecule has 0 fully saturated rings. The smallest absolute Gasteiger partial charge is 0.256 e. The second kappa shape index (κ2) is 3.40. The number of aliphatic hydroxyl groups excluding tert-OH is 1. The molecule has 46 valence electrons.